The molecule has 0 radical (unpaired) electrons. The Balaban J connectivity index is 2.20. The summed E-state index contributed by atoms with van der Waals surface area (Å²) >= 11 is 3.43. The number of ketones is 1. The molecule has 0 aliphatic heterocycles. The van der Waals surface area contributed by atoms with Crippen LogP contribution in [0, 0.1) is 6.92 Å². The van der Waals surface area contributed by atoms with Gasteiger partial charge in [-0.2, -0.15) is 0 Å². The number of carbonyl (C=O) groups excluding carboxylic acids is 1. The highest BCUT2D eigenvalue weighted by Gasteiger charge is 2.10. The molecule has 0 bridgehead atoms. The number of Topliss-reactive ketones (excluding diaryl/α,β-unsaturated/α-hetero) is 1. The van der Waals surface area contributed by atoms with Crippen molar-refractivity contribution >= 4 is 21.7 Å². The summed E-state index contributed by atoms with van der Waals surface area (Å²) < 4.78 is 6.04. The second-order valence-corrected chi connectivity index (χ2v) is 5.24. The molecular weight excluding hydrogens is 304 g/mol. The molecule has 2 rings (SSSR count). The van der Waals surface area contributed by atoms with Crippen molar-refractivity contribution in [2.75, 3.05) is 7.11 Å². The first-order valence-corrected chi connectivity index (χ1v) is 6.82. The lowest BCUT2D eigenvalue weighted by atomic mass is 9.99. The van der Waals surface area contributed by atoms with E-state index >= 15 is 0 Å². The number of carbonyl (C=O) groups is 1. The molecule has 2 aromatic rings. The van der Waals surface area contributed by atoms with E-state index in [1.807, 2.05) is 49.4 Å². The summed E-state index contributed by atoms with van der Waals surface area (Å²) in [6.07, 6.45) is 0.396. The Bertz CT molecular complexity index is 605. The molecule has 0 unspecified atom stereocenters. The summed E-state index contributed by atoms with van der Waals surface area (Å²) in [7, 11) is 1.62. The average Bonchev–Trinajstić information content (AvgIpc) is 2.39. The van der Waals surface area contributed by atoms with Crippen molar-refractivity contribution in [3.63, 3.8) is 0 Å². The Morgan fingerprint density at radius 1 is 1.21 bits per heavy atom. The van der Waals surface area contributed by atoms with E-state index in [0.717, 1.165) is 26.9 Å². The van der Waals surface area contributed by atoms with Gasteiger partial charge < -0.3 is 4.74 Å². The maximum atomic E-state index is 12.3. The maximum absolute atomic E-state index is 12.3. The molecule has 0 aliphatic carbocycles. The molecule has 0 amide bonds. The van der Waals surface area contributed by atoms with Gasteiger partial charge in [-0.15, -0.1) is 0 Å². The Morgan fingerprint density at radius 3 is 2.58 bits per heavy atom. The van der Waals surface area contributed by atoms with Gasteiger partial charge in [-0.3, -0.25) is 4.79 Å². The highest BCUT2D eigenvalue weighted by molar-refractivity contribution is 9.10. The summed E-state index contributed by atoms with van der Waals surface area (Å²) in [5, 5.41) is 0. The smallest absolute Gasteiger partial charge is 0.167 e. The summed E-state index contributed by atoms with van der Waals surface area (Å²) in [6.45, 7) is 1.96. The summed E-state index contributed by atoms with van der Waals surface area (Å²) in [5.41, 5.74) is 2.77. The summed E-state index contributed by atoms with van der Waals surface area (Å²) in [5.74, 6) is 0.905. The van der Waals surface area contributed by atoms with E-state index in [2.05, 4.69) is 15.9 Å². The summed E-state index contributed by atoms with van der Waals surface area (Å²) in [4.78, 5) is 12.3. The molecule has 3 heteroatoms. The van der Waals surface area contributed by atoms with Crippen molar-refractivity contribution < 1.29 is 9.53 Å². The number of methoxy groups -OCH3 is 1. The molecule has 0 heterocycles. The van der Waals surface area contributed by atoms with Crippen molar-refractivity contribution in [2.45, 2.75) is 13.3 Å². The number of hydrogen-bond acceptors (Lipinski definition) is 2. The van der Waals surface area contributed by atoms with Gasteiger partial charge in [0.05, 0.1) is 11.6 Å². The van der Waals surface area contributed by atoms with Crippen LogP contribution in [0.3, 0.4) is 0 Å². The predicted octanol–water partition coefficient (Wildman–Crippen LogP) is 4.19. The Hall–Kier alpha value is -1.61. The second kappa shape index (κ2) is 6.02. The monoisotopic (exact) mass is 318 g/mol. The molecule has 0 saturated heterocycles. The minimum atomic E-state index is 0.134. The molecule has 0 spiro atoms. The first-order chi connectivity index (χ1) is 9.11. The molecule has 0 saturated carbocycles. The van der Waals surface area contributed by atoms with Crippen molar-refractivity contribution in [1.29, 1.82) is 0 Å². The molecule has 0 aromatic heterocycles. The minimum Gasteiger partial charge on any atom is -0.496 e. The van der Waals surface area contributed by atoms with E-state index in [9.17, 15) is 4.79 Å². The number of benzene rings is 2. The third kappa shape index (κ3) is 3.24. The van der Waals surface area contributed by atoms with Crippen LogP contribution in [0.25, 0.3) is 0 Å². The second-order valence-electron chi connectivity index (χ2n) is 4.38. The van der Waals surface area contributed by atoms with Gasteiger partial charge in [-0.25, -0.2) is 0 Å². The van der Waals surface area contributed by atoms with Gasteiger partial charge in [0.15, 0.2) is 5.78 Å². The third-order valence-electron chi connectivity index (χ3n) is 3.03. The van der Waals surface area contributed by atoms with E-state index in [4.69, 9.17) is 4.74 Å². The fourth-order valence-electron chi connectivity index (χ4n) is 1.99. The van der Waals surface area contributed by atoms with Crippen LogP contribution in [0.2, 0.25) is 0 Å². The zero-order chi connectivity index (χ0) is 13.8. The predicted molar refractivity (Wildman–Crippen MR) is 79.9 cm³/mol. The molecule has 0 aliphatic rings. The number of ether oxygens (including phenoxy) is 1. The number of halogens is 1. The lowest BCUT2D eigenvalue weighted by Crippen LogP contribution is -2.05. The van der Waals surface area contributed by atoms with Gasteiger partial charge in [-0.1, -0.05) is 30.3 Å². The van der Waals surface area contributed by atoms with Crippen LogP contribution in [-0.4, -0.2) is 12.9 Å². The molecule has 0 fully saturated rings. The van der Waals surface area contributed by atoms with E-state index in [0.29, 0.717) is 6.42 Å². The first-order valence-electron chi connectivity index (χ1n) is 6.03. The van der Waals surface area contributed by atoms with Gasteiger partial charge in [0.25, 0.3) is 0 Å². The molecule has 2 nitrogen and oxygen atoms in total. The average molecular weight is 319 g/mol. The highest BCUT2D eigenvalue weighted by atomic mass is 79.9. The molecule has 0 N–H and O–H groups in total. The van der Waals surface area contributed by atoms with Crippen LogP contribution in [0.1, 0.15) is 21.5 Å². The van der Waals surface area contributed by atoms with Crippen LogP contribution < -0.4 is 4.74 Å². The van der Waals surface area contributed by atoms with E-state index < -0.39 is 0 Å². The van der Waals surface area contributed by atoms with Crippen molar-refractivity contribution in [1.82, 2.24) is 0 Å². The summed E-state index contributed by atoms with van der Waals surface area (Å²) in [6, 6.07) is 13.4. The first kappa shape index (κ1) is 13.8. The SMILES string of the molecule is COc1ccc(CC(=O)c2ccccc2C)cc1Br. The number of rotatable bonds is 4. The van der Waals surface area contributed by atoms with E-state index in [-0.39, 0.29) is 5.78 Å². The lowest BCUT2D eigenvalue weighted by Gasteiger charge is -2.07. The van der Waals surface area contributed by atoms with E-state index in [1.165, 1.54) is 0 Å². The van der Waals surface area contributed by atoms with Crippen molar-refractivity contribution in [3.05, 3.63) is 63.6 Å². The van der Waals surface area contributed by atoms with Gasteiger partial charge in [0, 0.05) is 12.0 Å². The quantitative estimate of drug-likeness (QED) is 0.790. The van der Waals surface area contributed by atoms with Gasteiger partial charge in [0.1, 0.15) is 5.75 Å². The van der Waals surface area contributed by atoms with Gasteiger partial charge >= 0.3 is 0 Å². The Kier molecular flexibility index (Phi) is 4.38. The van der Waals surface area contributed by atoms with E-state index in [1.54, 1.807) is 7.11 Å². The molecule has 2 aromatic carbocycles. The molecular formula is C16H15BrO2. The third-order valence-corrected chi connectivity index (χ3v) is 3.65. The standard InChI is InChI=1S/C16H15BrO2/c1-11-5-3-4-6-13(11)15(18)10-12-7-8-16(19-2)14(17)9-12/h3-9H,10H2,1-2H3. The Labute approximate surface area is 121 Å². The normalized spacial score (nSPS) is 10.3. The van der Waals surface area contributed by atoms with Gasteiger partial charge in [-0.05, 0) is 46.1 Å². The minimum absolute atomic E-state index is 0.134. The van der Waals surface area contributed by atoms with Gasteiger partial charge in [0.2, 0.25) is 0 Å². The lowest BCUT2D eigenvalue weighted by molar-refractivity contribution is 0.0992. The number of aryl methyl sites for hydroxylation is 1. The zero-order valence-corrected chi connectivity index (χ0v) is 12.5. The van der Waals surface area contributed by atoms with Crippen LogP contribution in [0.4, 0.5) is 0 Å². The van der Waals surface area contributed by atoms with Crippen LogP contribution in [0.15, 0.2) is 46.9 Å². The maximum Gasteiger partial charge on any atom is 0.167 e. The Morgan fingerprint density at radius 2 is 1.95 bits per heavy atom. The topological polar surface area (TPSA) is 26.3 Å². The molecule has 0 atom stereocenters. The van der Waals surface area contributed by atoms with Crippen LogP contribution >= 0.6 is 15.9 Å². The van der Waals surface area contributed by atoms with Crippen molar-refractivity contribution in [3.8, 4) is 5.75 Å². The molecule has 19 heavy (non-hydrogen) atoms. The fourth-order valence-corrected chi connectivity index (χ4v) is 2.57. The van der Waals surface area contributed by atoms with Crippen LogP contribution in [-0.2, 0) is 6.42 Å². The van der Waals surface area contributed by atoms with Crippen molar-refractivity contribution in [2.24, 2.45) is 0 Å². The van der Waals surface area contributed by atoms with Crippen LogP contribution in [0.5, 0.6) is 5.75 Å². The zero-order valence-electron chi connectivity index (χ0n) is 10.9. The fraction of sp³-hybridized carbons (Fsp3) is 0.188. The molecule has 98 valence electrons. The highest BCUT2D eigenvalue weighted by Crippen LogP contribution is 2.26. The largest absolute Gasteiger partial charge is 0.496 e. The number of hydrogen-bond donors (Lipinski definition) is 0.